The van der Waals surface area contributed by atoms with Gasteiger partial charge in [-0.1, -0.05) is 0 Å². The molecule has 0 atom stereocenters. The van der Waals surface area contributed by atoms with Gasteiger partial charge in [0.15, 0.2) is 0 Å². The lowest BCUT2D eigenvalue weighted by Gasteiger charge is -2.29. The molecule has 1 fully saturated rings. The minimum Gasteiger partial charge on any atom is -0.378 e. The molecule has 0 spiro atoms. The third kappa shape index (κ3) is 4.49. The molecule has 1 aromatic rings. The number of hydrogen-bond acceptors (Lipinski definition) is 7. The number of nitro groups is 1. The van der Waals surface area contributed by atoms with E-state index < -0.39 is 10.8 Å². The molecule has 120 valence electrons. The number of carbonyl (C=O) groups is 1. The number of carbonyl (C=O) groups excluding carboxylic acids is 1. The Morgan fingerprint density at radius 1 is 1.52 bits per heavy atom. The third-order valence-electron chi connectivity index (χ3n) is 3.21. The molecule has 1 heterocycles. The van der Waals surface area contributed by atoms with Crippen LogP contribution in [0.25, 0.3) is 0 Å². The summed E-state index contributed by atoms with van der Waals surface area (Å²) in [5.74, 6) is -0.540. The number of hydrogen-bond donors (Lipinski definition) is 1. The van der Waals surface area contributed by atoms with Crippen molar-refractivity contribution in [2.45, 2.75) is 6.42 Å². The zero-order valence-corrected chi connectivity index (χ0v) is 12.3. The molecule has 1 saturated heterocycles. The van der Waals surface area contributed by atoms with Crippen molar-refractivity contribution < 1.29 is 14.5 Å². The number of morpholine rings is 1. The van der Waals surface area contributed by atoms with Crippen LogP contribution in [0.3, 0.4) is 0 Å². The molecule has 0 saturated carbocycles. The van der Waals surface area contributed by atoms with E-state index in [1.54, 1.807) is 12.1 Å². The molecule has 1 aliphatic rings. The molecule has 9 nitrogen and oxygen atoms in total. The molecule has 0 bridgehead atoms. The molecule has 23 heavy (non-hydrogen) atoms. The molecule has 1 N–H and O–H groups in total. The fourth-order valence-corrected chi connectivity index (χ4v) is 2.14. The number of benzene rings is 1. The first-order valence-electron chi connectivity index (χ1n) is 6.92. The van der Waals surface area contributed by atoms with Gasteiger partial charge in [0, 0.05) is 36.5 Å². The van der Waals surface area contributed by atoms with Gasteiger partial charge in [0.2, 0.25) is 0 Å². The highest BCUT2D eigenvalue weighted by atomic mass is 16.6. The number of rotatable bonds is 5. The Bertz CT molecular complexity index is 662. The quantitative estimate of drug-likeness (QED) is 0.487. The highest BCUT2D eigenvalue weighted by molar-refractivity contribution is 5.90. The maximum absolute atomic E-state index is 11.2. The lowest BCUT2D eigenvalue weighted by molar-refractivity contribution is -0.384. The highest BCUT2D eigenvalue weighted by Gasteiger charge is 2.17. The summed E-state index contributed by atoms with van der Waals surface area (Å²) in [6.45, 7) is 2.48. The molecule has 0 aliphatic carbocycles. The number of hydrazone groups is 1. The van der Waals surface area contributed by atoms with Crippen molar-refractivity contribution in [1.82, 2.24) is 5.43 Å². The van der Waals surface area contributed by atoms with Gasteiger partial charge >= 0.3 is 0 Å². The van der Waals surface area contributed by atoms with E-state index in [4.69, 9.17) is 10.00 Å². The first kappa shape index (κ1) is 16.4. The van der Waals surface area contributed by atoms with Crippen molar-refractivity contribution in [3.05, 3.63) is 33.9 Å². The number of amides is 1. The summed E-state index contributed by atoms with van der Waals surface area (Å²) in [5, 5.41) is 23.1. The van der Waals surface area contributed by atoms with Gasteiger partial charge in [-0.05, 0) is 6.07 Å². The van der Waals surface area contributed by atoms with Crippen LogP contribution in [0.4, 0.5) is 11.4 Å². The van der Waals surface area contributed by atoms with Gasteiger partial charge in [-0.15, -0.1) is 0 Å². The van der Waals surface area contributed by atoms with Crippen molar-refractivity contribution in [3.63, 3.8) is 0 Å². The van der Waals surface area contributed by atoms with E-state index in [0.717, 1.165) is 5.69 Å². The van der Waals surface area contributed by atoms with E-state index >= 15 is 0 Å². The Labute approximate surface area is 132 Å². The van der Waals surface area contributed by atoms with Crippen molar-refractivity contribution in [1.29, 1.82) is 5.26 Å². The molecule has 2 rings (SSSR count). The summed E-state index contributed by atoms with van der Waals surface area (Å²) in [6, 6.07) is 6.18. The molecule has 0 unspecified atom stereocenters. The molecule has 9 heteroatoms. The van der Waals surface area contributed by atoms with Crippen LogP contribution < -0.4 is 10.3 Å². The van der Waals surface area contributed by atoms with Crippen LogP contribution in [0.2, 0.25) is 0 Å². The lowest BCUT2D eigenvalue weighted by atomic mass is 10.1. The van der Waals surface area contributed by atoms with Gasteiger partial charge in [0.25, 0.3) is 11.6 Å². The Kier molecular flexibility index (Phi) is 5.60. The second-order valence-corrected chi connectivity index (χ2v) is 4.73. The van der Waals surface area contributed by atoms with E-state index in [1.165, 1.54) is 18.3 Å². The summed E-state index contributed by atoms with van der Waals surface area (Å²) in [5.41, 5.74) is 3.43. The largest absolute Gasteiger partial charge is 0.378 e. The maximum atomic E-state index is 11.2. The smallest absolute Gasteiger partial charge is 0.270 e. The molecular weight excluding hydrogens is 302 g/mol. The summed E-state index contributed by atoms with van der Waals surface area (Å²) >= 11 is 0. The molecule has 0 radical (unpaired) electrons. The van der Waals surface area contributed by atoms with Gasteiger partial charge in [-0.2, -0.15) is 10.4 Å². The number of nitrogens with zero attached hydrogens (tertiary/aromatic N) is 4. The van der Waals surface area contributed by atoms with Crippen molar-refractivity contribution in [3.8, 4) is 6.07 Å². The van der Waals surface area contributed by atoms with Crippen molar-refractivity contribution >= 4 is 23.5 Å². The van der Waals surface area contributed by atoms with Gasteiger partial charge in [-0.25, -0.2) is 5.43 Å². The maximum Gasteiger partial charge on any atom is 0.270 e. The zero-order valence-electron chi connectivity index (χ0n) is 12.3. The molecule has 1 amide bonds. The second-order valence-electron chi connectivity index (χ2n) is 4.73. The van der Waals surface area contributed by atoms with Crippen molar-refractivity contribution in [2.24, 2.45) is 5.10 Å². The fourth-order valence-electron chi connectivity index (χ4n) is 2.14. The minimum absolute atomic E-state index is 0.0631. The van der Waals surface area contributed by atoms with Crippen LogP contribution in [-0.2, 0) is 9.53 Å². The lowest BCUT2D eigenvalue weighted by Crippen LogP contribution is -2.36. The summed E-state index contributed by atoms with van der Waals surface area (Å²) in [7, 11) is 0. The van der Waals surface area contributed by atoms with E-state index in [0.29, 0.717) is 31.9 Å². The van der Waals surface area contributed by atoms with Gasteiger partial charge in [-0.3, -0.25) is 14.9 Å². The molecule has 1 aliphatic heterocycles. The average molecular weight is 317 g/mol. The number of nitriles is 1. The number of nitro benzene ring substituents is 1. The van der Waals surface area contributed by atoms with Gasteiger partial charge < -0.3 is 9.64 Å². The number of nitrogens with one attached hydrogen (secondary N) is 1. The number of non-ortho nitro benzene ring substituents is 1. The van der Waals surface area contributed by atoms with Crippen LogP contribution in [-0.4, -0.2) is 43.3 Å². The third-order valence-corrected chi connectivity index (χ3v) is 3.21. The Balaban J connectivity index is 2.23. The SMILES string of the molecule is N#CCC(=O)N/N=C\c1cc([N+](=O)[O-])ccc1N1CCOCC1. The van der Waals surface area contributed by atoms with Crippen molar-refractivity contribution in [2.75, 3.05) is 31.2 Å². The first-order chi connectivity index (χ1) is 11.1. The average Bonchev–Trinajstić information content (AvgIpc) is 2.56. The highest BCUT2D eigenvalue weighted by Crippen LogP contribution is 2.25. The van der Waals surface area contributed by atoms with Gasteiger partial charge in [0.1, 0.15) is 6.42 Å². The van der Waals surface area contributed by atoms with Crippen LogP contribution >= 0.6 is 0 Å². The summed E-state index contributed by atoms with van der Waals surface area (Å²) in [6.07, 6.45) is 1.04. The Hall–Kier alpha value is -2.99. The van der Waals surface area contributed by atoms with Gasteiger partial charge in [0.05, 0.1) is 30.4 Å². The number of ether oxygens (including phenoxy) is 1. The minimum atomic E-state index is -0.540. The Morgan fingerprint density at radius 3 is 2.91 bits per heavy atom. The van der Waals surface area contributed by atoms with E-state index in [2.05, 4.69) is 10.5 Å². The second kappa shape index (κ2) is 7.86. The van der Waals surface area contributed by atoms with E-state index in [9.17, 15) is 14.9 Å². The summed E-state index contributed by atoms with van der Waals surface area (Å²) < 4.78 is 5.29. The van der Waals surface area contributed by atoms with Crippen LogP contribution in [0, 0.1) is 21.4 Å². The number of anilines is 1. The normalized spacial score (nSPS) is 14.5. The first-order valence-corrected chi connectivity index (χ1v) is 6.92. The van der Waals surface area contributed by atoms with E-state index in [1.807, 2.05) is 4.90 Å². The monoisotopic (exact) mass is 317 g/mol. The standard InChI is InChI=1S/C14H15N5O4/c15-4-3-14(20)17-16-10-11-9-12(19(21)22)1-2-13(11)18-5-7-23-8-6-18/h1-2,9-10H,3,5-8H2,(H,17,20)/b16-10-. The predicted molar refractivity (Wildman–Crippen MR) is 82.1 cm³/mol. The van der Waals surface area contributed by atoms with Crippen LogP contribution in [0.15, 0.2) is 23.3 Å². The Morgan fingerprint density at radius 2 is 2.26 bits per heavy atom. The topological polar surface area (TPSA) is 121 Å². The predicted octanol–water partition coefficient (Wildman–Crippen LogP) is 0.795. The molecular formula is C14H15N5O4. The van der Waals surface area contributed by atoms with E-state index in [-0.39, 0.29) is 12.1 Å². The summed E-state index contributed by atoms with van der Waals surface area (Å²) in [4.78, 5) is 23.7. The fraction of sp³-hybridized carbons (Fsp3) is 0.357. The van der Waals surface area contributed by atoms with Crippen LogP contribution in [0.1, 0.15) is 12.0 Å². The van der Waals surface area contributed by atoms with Crippen LogP contribution in [0.5, 0.6) is 0 Å². The molecule has 0 aromatic heterocycles. The molecule has 1 aromatic carbocycles. The zero-order chi connectivity index (χ0) is 16.7.